The van der Waals surface area contributed by atoms with E-state index in [4.69, 9.17) is 19.7 Å². The maximum Gasteiger partial charge on any atom is 0.164 e. The van der Waals surface area contributed by atoms with Crippen LogP contribution < -0.4 is 4.74 Å². The number of nitrogens with zero attached hydrogens (tertiary/aromatic N) is 3. The number of para-hydroxylation sites is 1. The predicted octanol–water partition coefficient (Wildman–Crippen LogP) is 10.5. The zero-order valence-corrected chi connectivity index (χ0v) is 25.8. The van der Waals surface area contributed by atoms with E-state index in [-0.39, 0.29) is 0 Å². The number of rotatable bonds is 3. The van der Waals surface area contributed by atoms with Gasteiger partial charge in [-0.25, -0.2) is 15.0 Å². The van der Waals surface area contributed by atoms with Crippen LogP contribution in [-0.4, -0.2) is 15.0 Å². The first-order chi connectivity index (χ1) is 23.8. The van der Waals surface area contributed by atoms with Gasteiger partial charge in [-0.15, -0.1) is 0 Å². The molecule has 1 spiro atoms. The fourth-order valence-corrected chi connectivity index (χ4v) is 7.72. The van der Waals surface area contributed by atoms with Gasteiger partial charge in [-0.3, -0.25) is 0 Å². The molecule has 0 bridgehead atoms. The Balaban J connectivity index is 1.19. The van der Waals surface area contributed by atoms with Crippen LogP contribution in [0.4, 0.5) is 0 Å². The summed E-state index contributed by atoms with van der Waals surface area (Å²) in [7, 11) is 0. The van der Waals surface area contributed by atoms with Crippen molar-refractivity contribution in [1.29, 1.82) is 0 Å². The molecule has 1 aromatic heterocycles. The Bertz CT molecular complexity index is 2440. The molecule has 0 saturated heterocycles. The average Bonchev–Trinajstić information content (AvgIpc) is 3.46. The second-order valence-electron chi connectivity index (χ2n) is 12.4. The van der Waals surface area contributed by atoms with E-state index in [9.17, 15) is 0 Å². The second-order valence-corrected chi connectivity index (χ2v) is 12.4. The van der Waals surface area contributed by atoms with Crippen LogP contribution >= 0.6 is 0 Å². The van der Waals surface area contributed by atoms with Gasteiger partial charge >= 0.3 is 0 Å². The molecular formula is C44H27N3O. The van der Waals surface area contributed by atoms with E-state index < -0.39 is 5.41 Å². The van der Waals surface area contributed by atoms with E-state index in [1.54, 1.807) is 0 Å². The summed E-state index contributed by atoms with van der Waals surface area (Å²) in [6.45, 7) is 0. The van der Waals surface area contributed by atoms with Gasteiger partial charge in [0.15, 0.2) is 17.5 Å². The molecule has 7 aromatic carbocycles. The van der Waals surface area contributed by atoms with Crippen LogP contribution in [0.15, 0.2) is 164 Å². The molecule has 0 atom stereocenters. The molecule has 0 radical (unpaired) electrons. The van der Waals surface area contributed by atoms with Gasteiger partial charge in [0.1, 0.15) is 11.5 Å². The molecule has 224 valence electrons. The first-order valence-electron chi connectivity index (χ1n) is 16.2. The lowest BCUT2D eigenvalue weighted by Crippen LogP contribution is -2.32. The van der Waals surface area contributed by atoms with Gasteiger partial charge in [-0.2, -0.15) is 0 Å². The van der Waals surface area contributed by atoms with E-state index in [1.165, 1.54) is 22.3 Å². The van der Waals surface area contributed by atoms with Crippen molar-refractivity contribution in [1.82, 2.24) is 15.0 Å². The van der Waals surface area contributed by atoms with Gasteiger partial charge in [0.2, 0.25) is 0 Å². The predicted molar refractivity (Wildman–Crippen MR) is 191 cm³/mol. The molecule has 0 amide bonds. The van der Waals surface area contributed by atoms with Gasteiger partial charge < -0.3 is 4.74 Å². The maximum absolute atomic E-state index is 6.87. The van der Waals surface area contributed by atoms with Crippen LogP contribution in [0.3, 0.4) is 0 Å². The quantitative estimate of drug-likeness (QED) is 0.199. The topological polar surface area (TPSA) is 47.9 Å². The molecule has 0 N–H and O–H groups in total. The summed E-state index contributed by atoms with van der Waals surface area (Å²) < 4.78 is 6.87. The summed E-state index contributed by atoms with van der Waals surface area (Å²) in [6.07, 6.45) is 0. The van der Waals surface area contributed by atoms with Crippen molar-refractivity contribution in [3.63, 3.8) is 0 Å². The fraction of sp³-hybridized carbons (Fsp3) is 0.0227. The molecule has 2 heterocycles. The Labute approximate surface area is 278 Å². The Kier molecular flexibility index (Phi) is 5.75. The SMILES string of the molecule is c1ccc(-c2nc(-c3ccccc3)nc(-c3ccc4c5c(ccc4c3)C3(c4ccccc4O5)c4ccccc4-c4ccccc43)n2)cc1. The van der Waals surface area contributed by atoms with Crippen molar-refractivity contribution in [2.24, 2.45) is 0 Å². The number of aromatic nitrogens is 3. The zero-order chi connectivity index (χ0) is 31.7. The third-order valence-corrected chi connectivity index (χ3v) is 9.79. The van der Waals surface area contributed by atoms with Crippen molar-refractivity contribution in [2.75, 3.05) is 0 Å². The molecule has 0 fully saturated rings. The number of hydrogen-bond donors (Lipinski definition) is 0. The smallest absolute Gasteiger partial charge is 0.164 e. The Morgan fingerprint density at radius 1 is 0.396 bits per heavy atom. The standard InChI is InChI=1S/C44H27N3O/c1-3-13-28(14-4-1)41-45-42(29-15-5-2-6-16-29)47-43(46-41)31-23-25-32-30(27-31)24-26-38-40(32)48-39-22-12-11-21-37(39)44(38)35-19-9-7-17-33(35)34-18-8-10-20-36(34)44/h1-27H. The van der Waals surface area contributed by atoms with Gasteiger partial charge in [-0.1, -0.05) is 146 Å². The van der Waals surface area contributed by atoms with Gasteiger partial charge in [-0.05, 0) is 45.8 Å². The number of ether oxygens (including phenoxy) is 1. The Morgan fingerprint density at radius 3 is 1.54 bits per heavy atom. The molecule has 0 saturated carbocycles. The molecule has 1 aliphatic heterocycles. The monoisotopic (exact) mass is 613 g/mol. The van der Waals surface area contributed by atoms with Gasteiger partial charge in [0.25, 0.3) is 0 Å². The Hall–Kier alpha value is -6.39. The lowest BCUT2D eigenvalue weighted by molar-refractivity contribution is 0.441. The average molecular weight is 614 g/mol. The molecule has 10 rings (SSSR count). The Morgan fingerprint density at radius 2 is 0.917 bits per heavy atom. The maximum atomic E-state index is 6.87. The van der Waals surface area contributed by atoms with Crippen LogP contribution in [0.25, 0.3) is 56.1 Å². The first kappa shape index (κ1) is 26.8. The highest BCUT2D eigenvalue weighted by Gasteiger charge is 2.51. The molecule has 2 aliphatic rings. The minimum absolute atomic E-state index is 0.492. The minimum atomic E-state index is -0.492. The van der Waals surface area contributed by atoms with Crippen LogP contribution in [-0.2, 0) is 5.41 Å². The van der Waals surface area contributed by atoms with Crippen LogP contribution in [0.2, 0.25) is 0 Å². The summed E-state index contributed by atoms with van der Waals surface area (Å²) >= 11 is 0. The van der Waals surface area contributed by atoms with E-state index in [2.05, 4.69) is 103 Å². The highest BCUT2D eigenvalue weighted by molar-refractivity contribution is 5.97. The van der Waals surface area contributed by atoms with Crippen molar-refractivity contribution < 1.29 is 4.74 Å². The van der Waals surface area contributed by atoms with Crippen LogP contribution in [0.5, 0.6) is 11.5 Å². The number of benzene rings is 7. The molecule has 4 heteroatoms. The zero-order valence-electron chi connectivity index (χ0n) is 25.8. The summed E-state index contributed by atoms with van der Waals surface area (Å²) in [4.78, 5) is 14.8. The second kappa shape index (κ2) is 10.3. The minimum Gasteiger partial charge on any atom is -0.456 e. The summed E-state index contributed by atoms with van der Waals surface area (Å²) in [5, 5.41) is 2.11. The number of fused-ring (bicyclic) bond motifs is 11. The van der Waals surface area contributed by atoms with E-state index in [0.29, 0.717) is 17.5 Å². The van der Waals surface area contributed by atoms with Crippen molar-refractivity contribution in [3.05, 3.63) is 186 Å². The van der Waals surface area contributed by atoms with Gasteiger partial charge in [0.05, 0.1) is 5.41 Å². The van der Waals surface area contributed by atoms with Crippen molar-refractivity contribution in [2.45, 2.75) is 5.41 Å². The van der Waals surface area contributed by atoms with Crippen molar-refractivity contribution >= 4 is 10.8 Å². The largest absolute Gasteiger partial charge is 0.456 e. The molecule has 4 nitrogen and oxygen atoms in total. The highest BCUT2D eigenvalue weighted by Crippen LogP contribution is 2.62. The molecule has 8 aromatic rings. The number of hydrogen-bond acceptors (Lipinski definition) is 4. The third-order valence-electron chi connectivity index (χ3n) is 9.79. The lowest BCUT2D eigenvalue weighted by Gasteiger charge is -2.39. The highest BCUT2D eigenvalue weighted by atomic mass is 16.5. The lowest BCUT2D eigenvalue weighted by atomic mass is 9.66. The van der Waals surface area contributed by atoms with Crippen LogP contribution in [0.1, 0.15) is 22.3 Å². The van der Waals surface area contributed by atoms with Gasteiger partial charge in [0, 0.05) is 33.2 Å². The molecule has 0 unspecified atom stereocenters. The summed E-state index contributed by atoms with van der Waals surface area (Å²) in [6, 6.07) is 57.2. The first-order valence-corrected chi connectivity index (χ1v) is 16.2. The van der Waals surface area contributed by atoms with Crippen LogP contribution in [0, 0.1) is 0 Å². The van der Waals surface area contributed by atoms with E-state index in [1.807, 2.05) is 60.7 Å². The molecule has 48 heavy (non-hydrogen) atoms. The van der Waals surface area contributed by atoms with E-state index in [0.717, 1.165) is 50.1 Å². The summed E-state index contributed by atoms with van der Waals surface area (Å²) in [5.74, 6) is 3.68. The summed E-state index contributed by atoms with van der Waals surface area (Å²) in [5.41, 5.74) is 9.74. The molecule has 1 aliphatic carbocycles. The fourth-order valence-electron chi connectivity index (χ4n) is 7.72. The van der Waals surface area contributed by atoms with Crippen molar-refractivity contribution in [3.8, 4) is 56.8 Å². The molecular weight excluding hydrogens is 587 g/mol. The van der Waals surface area contributed by atoms with E-state index >= 15 is 0 Å². The normalized spacial score (nSPS) is 13.3. The third kappa shape index (κ3) is 3.80.